The maximum absolute atomic E-state index is 12.3. The van der Waals surface area contributed by atoms with E-state index in [2.05, 4.69) is 15.3 Å². The first kappa shape index (κ1) is 17.2. The van der Waals surface area contributed by atoms with E-state index in [9.17, 15) is 4.79 Å². The minimum atomic E-state index is -0.315. The second kappa shape index (κ2) is 7.42. The molecule has 1 aromatic heterocycles. The van der Waals surface area contributed by atoms with Gasteiger partial charge in [-0.15, -0.1) is 0 Å². The molecule has 1 aliphatic rings. The molecule has 122 valence electrons. The van der Waals surface area contributed by atoms with Crippen LogP contribution < -0.4 is 10.2 Å². The monoisotopic (exact) mass is 332 g/mol. The van der Waals surface area contributed by atoms with Crippen LogP contribution in [-0.4, -0.2) is 21.9 Å². The normalized spacial score (nSPS) is 16.1. The van der Waals surface area contributed by atoms with E-state index in [-0.39, 0.29) is 17.2 Å². The molecule has 1 unspecified atom stereocenters. The van der Waals surface area contributed by atoms with Gasteiger partial charge < -0.3 is 10.2 Å². The predicted molar refractivity (Wildman–Crippen MR) is 94.4 cm³/mol. The third-order valence-corrected chi connectivity index (χ3v) is 3.69. The summed E-state index contributed by atoms with van der Waals surface area (Å²) >= 11 is 5.93. The third-order valence-electron chi connectivity index (χ3n) is 3.51. The Balaban J connectivity index is 0.000000924. The molecule has 2 heterocycles. The van der Waals surface area contributed by atoms with Crippen LogP contribution in [0.4, 0.5) is 17.2 Å². The summed E-state index contributed by atoms with van der Waals surface area (Å²) in [4.78, 5) is 22.5. The first-order valence-corrected chi connectivity index (χ1v) is 8.17. The van der Waals surface area contributed by atoms with Crippen molar-refractivity contribution in [3.8, 4) is 0 Å². The number of halogens is 1. The van der Waals surface area contributed by atoms with Crippen LogP contribution >= 0.6 is 11.6 Å². The van der Waals surface area contributed by atoms with Crippen LogP contribution in [0.2, 0.25) is 5.28 Å². The smallest absolute Gasteiger partial charge is 0.247 e. The van der Waals surface area contributed by atoms with Gasteiger partial charge in [0.2, 0.25) is 11.2 Å². The summed E-state index contributed by atoms with van der Waals surface area (Å²) < 4.78 is 0. The van der Waals surface area contributed by atoms with Crippen molar-refractivity contribution in [2.75, 3.05) is 10.2 Å². The first-order valence-electron chi connectivity index (χ1n) is 7.79. The van der Waals surface area contributed by atoms with E-state index in [4.69, 9.17) is 11.6 Å². The quantitative estimate of drug-likeness (QED) is 0.831. The highest BCUT2D eigenvalue weighted by atomic mass is 35.5. The average Bonchev–Trinajstić information content (AvgIpc) is 2.56. The van der Waals surface area contributed by atoms with Crippen LogP contribution in [0, 0.1) is 6.92 Å². The maximum Gasteiger partial charge on any atom is 0.247 e. The molecule has 0 saturated heterocycles. The number of anilines is 3. The van der Waals surface area contributed by atoms with Crippen molar-refractivity contribution >= 4 is 34.7 Å². The lowest BCUT2D eigenvalue weighted by atomic mass is 10.1. The van der Waals surface area contributed by atoms with Crippen molar-refractivity contribution in [2.45, 2.75) is 40.2 Å². The van der Waals surface area contributed by atoms with Crippen molar-refractivity contribution in [1.29, 1.82) is 0 Å². The number of hydrogen-bond acceptors (Lipinski definition) is 4. The highest BCUT2D eigenvalue weighted by Gasteiger charge is 2.34. The molecule has 1 aromatic carbocycles. The number of nitrogens with zero attached hydrogens (tertiary/aromatic N) is 3. The van der Waals surface area contributed by atoms with Crippen LogP contribution in [0.25, 0.3) is 0 Å². The second-order valence-electron chi connectivity index (χ2n) is 5.00. The molecule has 0 fully saturated rings. The molecule has 1 amide bonds. The minimum absolute atomic E-state index is 0.0579. The van der Waals surface area contributed by atoms with Crippen molar-refractivity contribution in [1.82, 2.24) is 9.97 Å². The topological polar surface area (TPSA) is 58.1 Å². The van der Waals surface area contributed by atoms with E-state index in [1.54, 1.807) is 0 Å². The predicted octanol–water partition coefficient (Wildman–Crippen LogP) is 4.33. The molecule has 2 aromatic rings. The largest absolute Gasteiger partial charge is 0.320 e. The molecule has 0 bridgehead atoms. The summed E-state index contributed by atoms with van der Waals surface area (Å²) in [5.41, 5.74) is 2.62. The zero-order valence-corrected chi connectivity index (χ0v) is 14.6. The number of rotatable bonds is 2. The summed E-state index contributed by atoms with van der Waals surface area (Å²) in [5, 5.41) is 3.00. The fourth-order valence-corrected chi connectivity index (χ4v) is 2.68. The molecule has 6 heteroatoms. The van der Waals surface area contributed by atoms with Gasteiger partial charge in [-0.1, -0.05) is 32.9 Å². The Morgan fingerprint density at radius 2 is 2.09 bits per heavy atom. The van der Waals surface area contributed by atoms with Gasteiger partial charge in [-0.25, -0.2) is 4.98 Å². The zero-order valence-electron chi connectivity index (χ0n) is 13.8. The highest BCUT2D eigenvalue weighted by molar-refractivity contribution is 6.28. The molecule has 1 atom stereocenters. The number of benzene rings is 1. The standard InChI is InChI=1S/C15H15ClN4O.C2H6/c1-3-12-14(21)18-11-8-17-15(16)19-13(11)20(12)10-6-4-5-9(2)7-10;1-2/h4-8,12H,3H2,1-2H3,(H,18,21);1-2H3. The highest BCUT2D eigenvalue weighted by Crippen LogP contribution is 2.37. The van der Waals surface area contributed by atoms with Crippen LogP contribution in [0.5, 0.6) is 0 Å². The van der Waals surface area contributed by atoms with Crippen molar-refractivity contribution in [3.05, 3.63) is 41.3 Å². The Bertz CT molecular complexity index is 705. The molecule has 0 spiro atoms. The third kappa shape index (κ3) is 3.45. The molecular formula is C17H21ClN4O. The zero-order chi connectivity index (χ0) is 17.0. The van der Waals surface area contributed by atoms with Gasteiger partial charge in [-0.2, -0.15) is 4.98 Å². The molecule has 1 N–H and O–H groups in total. The average molecular weight is 333 g/mol. The van der Waals surface area contributed by atoms with Gasteiger partial charge in [0.25, 0.3) is 0 Å². The molecule has 0 saturated carbocycles. The lowest BCUT2D eigenvalue weighted by molar-refractivity contribution is -0.117. The summed E-state index contributed by atoms with van der Waals surface area (Å²) in [7, 11) is 0. The first-order chi connectivity index (χ1) is 11.1. The maximum atomic E-state index is 12.3. The fraction of sp³-hybridized carbons (Fsp3) is 0.353. The van der Waals surface area contributed by atoms with Gasteiger partial charge >= 0.3 is 0 Å². The summed E-state index contributed by atoms with van der Waals surface area (Å²) in [6.45, 7) is 7.99. The number of amides is 1. The Morgan fingerprint density at radius 3 is 2.74 bits per heavy atom. The lowest BCUT2D eigenvalue weighted by Gasteiger charge is -2.36. The molecule has 1 aliphatic heterocycles. The summed E-state index contributed by atoms with van der Waals surface area (Å²) in [6, 6.07) is 7.66. The Hall–Kier alpha value is -2.14. The number of fused-ring (bicyclic) bond motifs is 1. The number of hydrogen-bond donors (Lipinski definition) is 1. The van der Waals surface area contributed by atoms with Crippen molar-refractivity contribution in [3.63, 3.8) is 0 Å². The summed E-state index contributed by atoms with van der Waals surface area (Å²) in [6.07, 6.45) is 2.21. The Labute approximate surface area is 141 Å². The van der Waals surface area contributed by atoms with Gasteiger partial charge in [-0.05, 0) is 42.6 Å². The van der Waals surface area contributed by atoms with E-state index in [1.807, 2.05) is 56.9 Å². The van der Waals surface area contributed by atoms with Gasteiger partial charge in [0.15, 0.2) is 5.82 Å². The van der Waals surface area contributed by atoms with E-state index in [0.717, 1.165) is 11.3 Å². The van der Waals surface area contributed by atoms with Crippen molar-refractivity contribution in [2.24, 2.45) is 0 Å². The summed E-state index contributed by atoms with van der Waals surface area (Å²) in [5.74, 6) is 0.574. The number of aryl methyl sites for hydroxylation is 1. The lowest BCUT2D eigenvalue weighted by Crippen LogP contribution is -2.45. The minimum Gasteiger partial charge on any atom is -0.320 e. The Morgan fingerprint density at radius 1 is 1.35 bits per heavy atom. The number of nitrogens with one attached hydrogen (secondary N) is 1. The van der Waals surface area contributed by atoms with Crippen LogP contribution in [0.1, 0.15) is 32.8 Å². The van der Waals surface area contributed by atoms with Gasteiger partial charge in [0, 0.05) is 5.69 Å². The molecule has 5 nitrogen and oxygen atoms in total. The van der Waals surface area contributed by atoms with Gasteiger partial charge in [-0.3, -0.25) is 4.79 Å². The molecular weight excluding hydrogens is 312 g/mol. The van der Waals surface area contributed by atoms with Gasteiger partial charge in [0.05, 0.1) is 6.20 Å². The van der Waals surface area contributed by atoms with E-state index in [0.29, 0.717) is 17.9 Å². The Kier molecular flexibility index (Phi) is 5.55. The molecule has 3 rings (SSSR count). The molecule has 23 heavy (non-hydrogen) atoms. The fourth-order valence-electron chi connectivity index (χ4n) is 2.55. The number of aromatic nitrogens is 2. The van der Waals surface area contributed by atoms with Crippen molar-refractivity contribution < 1.29 is 4.79 Å². The molecule has 0 radical (unpaired) electrons. The van der Waals surface area contributed by atoms with Crippen LogP contribution in [0.15, 0.2) is 30.5 Å². The second-order valence-corrected chi connectivity index (χ2v) is 5.34. The molecule has 0 aliphatic carbocycles. The van der Waals surface area contributed by atoms with E-state index >= 15 is 0 Å². The van der Waals surface area contributed by atoms with Crippen LogP contribution in [0.3, 0.4) is 0 Å². The van der Waals surface area contributed by atoms with E-state index in [1.165, 1.54) is 6.20 Å². The number of carbonyl (C=O) groups excluding carboxylic acids is 1. The van der Waals surface area contributed by atoms with E-state index < -0.39 is 0 Å². The van der Waals surface area contributed by atoms with Gasteiger partial charge in [0.1, 0.15) is 11.7 Å². The SMILES string of the molecule is CC.CCC1C(=O)Nc2cnc(Cl)nc2N1c1cccc(C)c1. The number of carbonyl (C=O) groups is 1. The van der Waals surface area contributed by atoms with Crippen LogP contribution in [-0.2, 0) is 4.79 Å².